The molecule has 2 aromatic carbocycles. The predicted molar refractivity (Wildman–Crippen MR) is 117 cm³/mol. The van der Waals surface area contributed by atoms with Crippen LogP contribution in [-0.4, -0.2) is 26.1 Å². The molecule has 3 atom stereocenters. The summed E-state index contributed by atoms with van der Waals surface area (Å²) in [6.45, 7) is 9.96. The van der Waals surface area contributed by atoms with E-state index in [2.05, 4.69) is 74.3 Å². The second-order valence-corrected chi connectivity index (χ2v) is 13.1. The van der Waals surface area contributed by atoms with E-state index in [1.165, 1.54) is 15.9 Å². The summed E-state index contributed by atoms with van der Waals surface area (Å²) < 4.78 is 6.48. The van der Waals surface area contributed by atoms with Gasteiger partial charge in [-0.15, -0.1) is 6.58 Å². The summed E-state index contributed by atoms with van der Waals surface area (Å²) in [5, 5.41) is 2.68. The third-order valence-electron chi connectivity index (χ3n) is 6.69. The molecular formula is C25H28O2Si. The van der Waals surface area contributed by atoms with Gasteiger partial charge in [0.2, 0.25) is 0 Å². The molecule has 2 nitrogen and oxygen atoms in total. The molecule has 0 unspecified atom stereocenters. The molecule has 1 aliphatic heterocycles. The second kappa shape index (κ2) is 7.30. The summed E-state index contributed by atoms with van der Waals surface area (Å²) in [5.41, 5.74) is 0.849. The van der Waals surface area contributed by atoms with Crippen molar-refractivity contribution in [1.29, 1.82) is 0 Å². The minimum atomic E-state index is -1.88. The Kier molecular flexibility index (Phi) is 4.98. The molecular weight excluding hydrogens is 360 g/mol. The maximum Gasteiger partial charge on any atom is 0.155 e. The third kappa shape index (κ3) is 3.34. The first-order chi connectivity index (χ1) is 13.4. The van der Waals surface area contributed by atoms with Gasteiger partial charge in [-0.3, -0.25) is 4.79 Å². The number of ketones is 1. The average molecular weight is 389 g/mol. The van der Waals surface area contributed by atoms with E-state index in [9.17, 15) is 4.79 Å². The molecule has 0 saturated carbocycles. The highest BCUT2D eigenvalue weighted by Crippen LogP contribution is 2.48. The third-order valence-corrected chi connectivity index (χ3v) is 10.4. The van der Waals surface area contributed by atoms with Crippen LogP contribution in [0.25, 0.3) is 0 Å². The fourth-order valence-electron chi connectivity index (χ4n) is 4.82. The molecule has 1 aliphatic carbocycles. The highest BCUT2D eigenvalue weighted by Gasteiger charge is 2.53. The molecule has 28 heavy (non-hydrogen) atoms. The Labute approximate surface area is 168 Å². The highest BCUT2D eigenvalue weighted by molar-refractivity contribution is 6.95. The predicted octanol–water partition coefficient (Wildman–Crippen LogP) is 4.47. The van der Waals surface area contributed by atoms with E-state index < -0.39 is 13.7 Å². The van der Waals surface area contributed by atoms with Crippen LogP contribution < -0.4 is 5.19 Å². The Hall–Kier alpha value is -2.23. The Bertz CT molecular complexity index is 901. The Morgan fingerprint density at radius 3 is 2.43 bits per heavy atom. The van der Waals surface area contributed by atoms with Gasteiger partial charge in [-0.25, -0.2) is 0 Å². The molecule has 144 valence electrons. The molecule has 0 spiro atoms. The molecule has 1 fully saturated rings. The first kappa shape index (κ1) is 19.1. The molecule has 0 amide bonds. The van der Waals surface area contributed by atoms with E-state index in [1.54, 1.807) is 6.08 Å². The van der Waals surface area contributed by atoms with Gasteiger partial charge in [-0.05, 0) is 17.7 Å². The number of carbonyl (C=O) groups is 1. The van der Waals surface area contributed by atoms with E-state index in [0.717, 1.165) is 6.42 Å². The number of benzene rings is 2. The fraction of sp³-hybridized carbons (Fsp3) is 0.320. The van der Waals surface area contributed by atoms with Crippen molar-refractivity contribution >= 4 is 19.0 Å². The van der Waals surface area contributed by atoms with Gasteiger partial charge >= 0.3 is 0 Å². The lowest BCUT2D eigenvalue weighted by atomic mass is 9.72. The lowest BCUT2D eigenvalue weighted by Gasteiger charge is -2.38. The van der Waals surface area contributed by atoms with Crippen molar-refractivity contribution in [3.8, 4) is 0 Å². The van der Waals surface area contributed by atoms with Gasteiger partial charge in [0.25, 0.3) is 0 Å². The van der Waals surface area contributed by atoms with Gasteiger partial charge in [-0.2, -0.15) is 0 Å². The standard InChI is InChI=1S/C25H28O2Si/c1-19(28(2,3)22-12-8-5-9-13-22)23-18-27-25(15-14-21(26)16-24(23)25)17-20-10-6-4-7-11-20/h4-15,23-24H,1,16-18H2,2-3H3/t23-,24+,25-/m0/s1. The van der Waals surface area contributed by atoms with Crippen LogP contribution >= 0.6 is 0 Å². The first-order valence-electron chi connectivity index (χ1n) is 10.1. The summed E-state index contributed by atoms with van der Waals surface area (Å²) in [4.78, 5) is 12.3. The van der Waals surface area contributed by atoms with E-state index in [-0.39, 0.29) is 17.6 Å². The SMILES string of the molecule is C=C([C@@H]1CO[C@]2(Cc3ccccc3)C=CC(=O)C[C@H]12)[Si](C)(C)c1ccccc1. The first-order valence-corrected chi connectivity index (χ1v) is 13.1. The van der Waals surface area contributed by atoms with Crippen molar-refractivity contribution in [3.05, 3.63) is 90.2 Å². The Balaban J connectivity index is 1.66. The Morgan fingerprint density at radius 1 is 1.11 bits per heavy atom. The van der Waals surface area contributed by atoms with Gasteiger partial charge in [-0.1, -0.05) is 84.1 Å². The number of carbonyl (C=O) groups excluding carboxylic acids is 1. The van der Waals surface area contributed by atoms with Crippen molar-refractivity contribution in [1.82, 2.24) is 0 Å². The van der Waals surface area contributed by atoms with Gasteiger partial charge in [0, 0.05) is 24.7 Å². The topological polar surface area (TPSA) is 26.3 Å². The van der Waals surface area contributed by atoms with Crippen LogP contribution in [-0.2, 0) is 16.0 Å². The lowest BCUT2D eigenvalue weighted by Crippen LogP contribution is -2.48. The molecule has 0 radical (unpaired) electrons. The minimum Gasteiger partial charge on any atom is -0.370 e. The molecule has 0 aromatic heterocycles. The number of allylic oxidation sites excluding steroid dienone is 1. The maximum atomic E-state index is 12.3. The largest absolute Gasteiger partial charge is 0.370 e. The van der Waals surface area contributed by atoms with Crippen LogP contribution in [0.2, 0.25) is 13.1 Å². The molecule has 0 N–H and O–H groups in total. The summed E-state index contributed by atoms with van der Waals surface area (Å²) >= 11 is 0. The molecule has 1 heterocycles. The smallest absolute Gasteiger partial charge is 0.155 e. The zero-order chi connectivity index (χ0) is 19.8. The fourth-order valence-corrected chi connectivity index (χ4v) is 7.43. The van der Waals surface area contributed by atoms with Gasteiger partial charge < -0.3 is 4.74 Å². The van der Waals surface area contributed by atoms with Crippen LogP contribution in [0.3, 0.4) is 0 Å². The van der Waals surface area contributed by atoms with Gasteiger partial charge in [0.05, 0.1) is 12.2 Å². The van der Waals surface area contributed by atoms with Crippen molar-refractivity contribution < 1.29 is 9.53 Å². The normalized spacial score (nSPS) is 26.9. The maximum absolute atomic E-state index is 12.3. The average Bonchev–Trinajstić information content (AvgIpc) is 3.07. The molecule has 2 aliphatic rings. The molecule has 2 aromatic rings. The van der Waals surface area contributed by atoms with E-state index in [1.807, 2.05) is 12.1 Å². The molecule has 1 saturated heterocycles. The summed E-state index contributed by atoms with van der Waals surface area (Å²) in [5.74, 6) is 0.587. The molecule has 4 rings (SSSR count). The van der Waals surface area contributed by atoms with Gasteiger partial charge in [0.15, 0.2) is 5.78 Å². The van der Waals surface area contributed by atoms with E-state index >= 15 is 0 Å². The van der Waals surface area contributed by atoms with Crippen molar-refractivity contribution in [3.63, 3.8) is 0 Å². The van der Waals surface area contributed by atoms with Crippen molar-refractivity contribution in [2.45, 2.75) is 31.5 Å². The summed E-state index contributed by atoms with van der Waals surface area (Å²) in [6.07, 6.45) is 5.11. The van der Waals surface area contributed by atoms with Crippen LogP contribution in [0.1, 0.15) is 12.0 Å². The zero-order valence-electron chi connectivity index (χ0n) is 16.7. The zero-order valence-corrected chi connectivity index (χ0v) is 17.7. The summed E-state index contributed by atoms with van der Waals surface area (Å²) in [6, 6.07) is 21.2. The number of fused-ring (bicyclic) bond motifs is 1. The quantitative estimate of drug-likeness (QED) is 0.707. The number of hydrogen-bond acceptors (Lipinski definition) is 2. The van der Waals surface area contributed by atoms with E-state index in [0.29, 0.717) is 13.0 Å². The monoisotopic (exact) mass is 388 g/mol. The van der Waals surface area contributed by atoms with Crippen LogP contribution in [0.5, 0.6) is 0 Å². The lowest BCUT2D eigenvalue weighted by molar-refractivity contribution is -0.118. The van der Waals surface area contributed by atoms with Crippen LogP contribution in [0, 0.1) is 11.8 Å². The molecule has 3 heteroatoms. The number of rotatable bonds is 5. The summed E-state index contributed by atoms with van der Waals surface area (Å²) in [7, 11) is -1.88. The highest BCUT2D eigenvalue weighted by atomic mass is 28.3. The van der Waals surface area contributed by atoms with Crippen molar-refractivity contribution in [2.24, 2.45) is 11.8 Å². The van der Waals surface area contributed by atoms with E-state index in [4.69, 9.17) is 4.74 Å². The van der Waals surface area contributed by atoms with Crippen LogP contribution in [0.4, 0.5) is 0 Å². The minimum absolute atomic E-state index is 0.160. The number of ether oxygens (including phenoxy) is 1. The number of hydrogen-bond donors (Lipinski definition) is 0. The Morgan fingerprint density at radius 2 is 1.75 bits per heavy atom. The molecule has 0 bridgehead atoms. The van der Waals surface area contributed by atoms with Gasteiger partial charge in [0.1, 0.15) is 8.07 Å². The second-order valence-electron chi connectivity index (χ2n) is 8.66. The van der Waals surface area contributed by atoms with Crippen molar-refractivity contribution in [2.75, 3.05) is 6.61 Å². The van der Waals surface area contributed by atoms with Crippen LogP contribution in [0.15, 0.2) is 84.6 Å².